The van der Waals surface area contributed by atoms with Crippen molar-refractivity contribution in [1.82, 2.24) is 10.2 Å². The summed E-state index contributed by atoms with van der Waals surface area (Å²) in [6.45, 7) is 1.29. The van der Waals surface area contributed by atoms with Gasteiger partial charge in [-0.15, -0.1) is 0 Å². The van der Waals surface area contributed by atoms with E-state index in [9.17, 15) is 14.0 Å². The van der Waals surface area contributed by atoms with E-state index >= 15 is 0 Å². The minimum Gasteiger partial charge on any atom is -0.375 e. The Bertz CT molecular complexity index is 513. The fourth-order valence-corrected chi connectivity index (χ4v) is 2.37. The number of rotatable bonds is 4. The summed E-state index contributed by atoms with van der Waals surface area (Å²) >= 11 is 0. The monoisotopic (exact) mass is 309 g/mol. The number of carbonyl (C=O) groups excluding carboxylic acids is 2. The molecule has 0 unspecified atom stereocenters. The zero-order valence-electron chi connectivity index (χ0n) is 12.5. The van der Waals surface area contributed by atoms with Gasteiger partial charge in [-0.2, -0.15) is 0 Å². The molecule has 1 aliphatic rings. The van der Waals surface area contributed by atoms with E-state index < -0.39 is 0 Å². The van der Waals surface area contributed by atoms with Crippen molar-refractivity contribution in [2.24, 2.45) is 0 Å². The van der Waals surface area contributed by atoms with E-state index in [1.54, 1.807) is 4.90 Å². The molecule has 3 amide bonds. The number of carbonyl (C=O) groups is 2. The molecular formula is C15H20FN3O3. The summed E-state index contributed by atoms with van der Waals surface area (Å²) in [7, 11) is 1.49. The molecule has 1 fully saturated rings. The SMILES string of the molecule is COCC(=O)N1CCC(NC(=O)Nc2ccc(F)cc2)CC1. The molecule has 0 aromatic heterocycles. The van der Waals surface area contributed by atoms with Crippen LogP contribution in [0.25, 0.3) is 0 Å². The van der Waals surface area contributed by atoms with Crippen LogP contribution < -0.4 is 10.6 Å². The first-order valence-corrected chi connectivity index (χ1v) is 7.18. The van der Waals surface area contributed by atoms with Crippen LogP contribution in [-0.2, 0) is 9.53 Å². The lowest BCUT2D eigenvalue weighted by atomic mass is 10.1. The Labute approximate surface area is 128 Å². The van der Waals surface area contributed by atoms with E-state index in [1.165, 1.54) is 31.4 Å². The van der Waals surface area contributed by atoms with Gasteiger partial charge in [-0.1, -0.05) is 0 Å². The summed E-state index contributed by atoms with van der Waals surface area (Å²) in [5.74, 6) is -0.379. The number of piperidine rings is 1. The van der Waals surface area contributed by atoms with Crippen LogP contribution in [0.15, 0.2) is 24.3 Å². The predicted molar refractivity (Wildman–Crippen MR) is 80.0 cm³/mol. The third kappa shape index (κ3) is 4.70. The first kappa shape index (κ1) is 16.2. The van der Waals surface area contributed by atoms with Crippen molar-refractivity contribution in [1.29, 1.82) is 0 Å². The van der Waals surface area contributed by atoms with Crippen LogP contribution in [0, 0.1) is 5.82 Å². The zero-order valence-corrected chi connectivity index (χ0v) is 12.5. The molecule has 1 aromatic carbocycles. The third-order valence-electron chi connectivity index (χ3n) is 3.55. The highest BCUT2D eigenvalue weighted by molar-refractivity contribution is 5.89. The Morgan fingerprint density at radius 3 is 2.50 bits per heavy atom. The molecule has 1 aromatic rings. The van der Waals surface area contributed by atoms with Crippen LogP contribution in [0.2, 0.25) is 0 Å². The number of nitrogens with one attached hydrogen (secondary N) is 2. The van der Waals surface area contributed by atoms with Gasteiger partial charge in [-0.25, -0.2) is 9.18 Å². The lowest BCUT2D eigenvalue weighted by molar-refractivity contribution is -0.136. The highest BCUT2D eigenvalue weighted by Crippen LogP contribution is 2.12. The molecule has 7 heteroatoms. The minimum absolute atomic E-state index is 0.0204. The van der Waals surface area contributed by atoms with E-state index in [0.717, 1.165) is 0 Å². The van der Waals surface area contributed by atoms with E-state index in [0.29, 0.717) is 31.6 Å². The number of halogens is 1. The lowest BCUT2D eigenvalue weighted by Crippen LogP contribution is -2.48. The summed E-state index contributed by atoms with van der Waals surface area (Å²) < 4.78 is 17.6. The number of urea groups is 1. The Balaban J connectivity index is 1.74. The lowest BCUT2D eigenvalue weighted by Gasteiger charge is -2.32. The number of likely N-dealkylation sites (tertiary alicyclic amines) is 1. The van der Waals surface area contributed by atoms with Gasteiger partial charge in [0.2, 0.25) is 5.91 Å². The molecule has 120 valence electrons. The molecule has 1 aliphatic heterocycles. The molecule has 0 saturated carbocycles. The van der Waals surface area contributed by atoms with Crippen LogP contribution in [0.3, 0.4) is 0 Å². The third-order valence-corrected chi connectivity index (χ3v) is 3.55. The zero-order chi connectivity index (χ0) is 15.9. The van der Waals surface area contributed by atoms with Gasteiger partial charge in [-0.3, -0.25) is 4.79 Å². The van der Waals surface area contributed by atoms with Crippen LogP contribution >= 0.6 is 0 Å². The summed E-state index contributed by atoms with van der Waals surface area (Å²) in [6, 6.07) is 5.27. The predicted octanol–water partition coefficient (Wildman–Crippen LogP) is 1.58. The maximum absolute atomic E-state index is 12.8. The average molecular weight is 309 g/mol. The van der Waals surface area contributed by atoms with Gasteiger partial charge in [0.15, 0.2) is 0 Å². The second kappa shape index (κ2) is 7.74. The van der Waals surface area contributed by atoms with Gasteiger partial charge in [0.1, 0.15) is 12.4 Å². The Morgan fingerprint density at radius 1 is 1.27 bits per heavy atom. The number of anilines is 1. The van der Waals surface area contributed by atoms with Crippen molar-refractivity contribution < 1.29 is 18.7 Å². The van der Waals surface area contributed by atoms with E-state index in [1.807, 2.05) is 0 Å². The molecule has 2 rings (SSSR count). The highest BCUT2D eigenvalue weighted by Gasteiger charge is 2.23. The average Bonchev–Trinajstić information content (AvgIpc) is 2.50. The first-order chi connectivity index (χ1) is 10.6. The number of hydrogen-bond acceptors (Lipinski definition) is 3. The summed E-state index contributed by atoms with van der Waals surface area (Å²) in [4.78, 5) is 25.3. The Hall–Kier alpha value is -2.15. The van der Waals surface area contributed by atoms with Crippen molar-refractivity contribution in [3.63, 3.8) is 0 Å². The second-order valence-corrected chi connectivity index (χ2v) is 5.19. The molecule has 0 spiro atoms. The van der Waals surface area contributed by atoms with Crippen molar-refractivity contribution in [2.45, 2.75) is 18.9 Å². The molecule has 0 aliphatic carbocycles. The number of benzene rings is 1. The Morgan fingerprint density at radius 2 is 1.91 bits per heavy atom. The minimum atomic E-state index is -0.348. The van der Waals surface area contributed by atoms with Crippen LogP contribution in [0.5, 0.6) is 0 Å². The second-order valence-electron chi connectivity index (χ2n) is 5.19. The number of hydrogen-bond donors (Lipinski definition) is 2. The summed E-state index contributed by atoms with van der Waals surface area (Å²) in [5, 5.41) is 5.51. The van der Waals surface area contributed by atoms with Gasteiger partial charge in [0.05, 0.1) is 0 Å². The Kier molecular flexibility index (Phi) is 5.71. The van der Waals surface area contributed by atoms with Gasteiger partial charge >= 0.3 is 6.03 Å². The molecule has 1 heterocycles. The largest absolute Gasteiger partial charge is 0.375 e. The smallest absolute Gasteiger partial charge is 0.319 e. The number of methoxy groups -OCH3 is 1. The molecule has 0 atom stereocenters. The number of amides is 3. The van der Waals surface area contributed by atoms with Crippen LogP contribution in [-0.4, -0.2) is 49.7 Å². The molecule has 2 N–H and O–H groups in total. The maximum Gasteiger partial charge on any atom is 0.319 e. The molecule has 0 radical (unpaired) electrons. The van der Waals surface area contributed by atoms with Crippen LogP contribution in [0.4, 0.5) is 14.9 Å². The van der Waals surface area contributed by atoms with Crippen molar-refractivity contribution in [3.8, 4) is 0 Å². The quantitative estimate of drug-likeness (QED) is 0.887. The van der Waals surface area contributed by atoms with Crippen molar-refractivity contribution in [3.05, 3.63) is 30.1 Å². The van der Waals surface area contributed by atoms with Gasteiger partial charge in [0, 0.05) is 31.9 Å². The van der Waals surface area contributed by atoms with E-state index in [4.69, 9.17) is 4.74 Å². The topological polar surface area (TPSA) is 70.7 Å². The normalized spacial score (nSPS) is 15.5. The van der Waals surface area contributed by atoms with Crippen LogP contribution in [0.1, 0.15) is 12.8 Å². The molecule has 0 bridgehead atoms. The number of nitrogens with zero attached hydrogens (tertiary/aromatic N) is 1. The standard InChI is InChI=1S/C15H20FN3O3/c1-22-10-14(20)19-8-6-13(7-9-19)18-15(21)17-12-4-2-11(16)3-5-12/h2-5,13H,6-10H2,1H3,(H2,17,18,21). The molecule has 6 nitrogen and oxygen atoms in total. The van der Waals surface area contributed by atoms with Gasteiger partial charge in [0.25, 0.3) is 0 Å². The van der Waals surface area contributed by atoms with Gasteiger partial charge in [-0.05, 0) is 37.1 Å². The van der Waals surface area contributed by atoms with E-state index in [2.05, 4.69) is 10.6 Å². The summed E-state index contributed by atoms with van der Waals surface area (Å²) in [5.41, 5.74) is 0.534. The fourth-order valence-electron chi connectivity index (χ4n) is 2.37. The fraction of sp³-hybridized carbons (Fsp3) is 0.467. The molecular weight excluding hydrogens is 289 g/mol. The van der Waals surface area contributed by atoms with E-state index in [-0.39, 0.29) is 30.4 Å². The summed E-state index contributed by atoms with van der Waals surface area (Å²) in [6.07, 6.45) is 1.40. The molecule has 1 saturated heterocycles. The first-order valence-electron chi connectivity index (χ1n) is 7.18. The molecule has 22 heavy (non-hydrogen) atoms. The highest BCUT2D eigenvalue weighted by atomic mass is 19.1. The maximum atomic E-state index is 12.8. The number of ether oxygens (including phenoxy) is 1. The van der Waals surface area contributed by atoms with Crippen molar-refractivity contribution in [2.75, 3.05) is 32.1 Å². The van der Waals surface area contributed by atoms with Gasteiger partial charge < -0.3 is 20.3 Å². The van der Waals surface area contributed by atoms with Crippen molar-refractivity contribution >= 4 is 17.6 Å².